The zero-order valence-electron chi connectivity index (χ0n) is 11.6. The van der Waals surface area contributed by atoms with Gasteiger partial charge in [0.05, 0.1) is 12.2 Å². The van der Waals surface area contributed by atoms with Gasteiger partial charge in [-0.15, -0.1) is 0 Å². The Bertz CT molecular complexity index is 485. The maximum absolute atomic E-state index is 13.8. The minimum Gasteiger partial charge on any atom is -0.395 e. The third kappa shape index (κ3) is 4.31. The molecule has 0 aliphatic rings. The summed E-state index contributed by atoms with van der Waals surface area (Å²) >= 11 is 0. The lowest BCUT2D eigenvalue weighted by Gasteiger charge is -2.21. The van der Waals surface area contributed by atoms with Crippen LogP contribution in [0.25, 0.3) is 0 Å². The Labute approximate surface area is 117 Å². The van der Waals surface area contributed by atoms with Gasteiger partial charge in [-0.1, -0.05) is 6.92 Å². The fourth-order valence-corrected chi connectivity index (χ4v) is 1.85. The van der Waals surface area contributed by atoms with E-state index in [1.165, 1.54) is 24.0 Å². The van der Waals surface area contributed by atoms with Gasteiger partial charge in [0.2, 0.25) is 5.91 Å². The van der Waals surface area contributed by atoms with Crippen molar-refractivity contribution >= 4 is 17.5 Å². The summed E-state index contributed by atoms with van der Waals surface area (Å²) in [5.41, 5.74) is 0.251. The lowest BCUT2D eigenvalue weighted by Crippen LogP contribution is -2.34. The zero-order valence-corrected chi connectivity index (χ0v) is 11.6. The summed E-state index contributed by atoms with van der Waals surface area (Å²) in [5, 5.41) is 11.5. The van der Waals surface area contributed by atoms with Crippen molar-refractivity contribution in [1.82, 2.24) is 4.90 Å². The number of nitrogens with one attached hydrogen (secondary N) is 1. The van der Waals surface area contributed by atoms with E-state index in [2.05, 4.69) is 5.32 Å². The first kappa shape index (κ1) is 16.1. The molecule has 1 rings (SSSR count). The highest BCUT2D eigenvalue weighted by molar-refractivity contribution is 5.97. The first-order valence-electron chi connectivity index (χ1n) is 6.46. The number of hydrogen-bond acceptors (Lipinski definition) is 3. The molecular weight excluding hydrogens is 263 g/mol. The maximum Gasteiger partial charge on any atom is 0.256 e. The number of rotatable bonds is 6. The summed E-state index contributed by atoms with van der Waals surface area (Å²) in [7, 11) is 0. The van der Waals surface area contributed by atoms with Crippen molar-refractivity contribution in [2.75, 3.05) is 25.0 Å². The van der Waals surface area contributed by atoms with Crippen LogP contribution in [0, 0.1) is 5.82 Å². The molecule has 6 heteroatoms. The quantitative estimate of drug-likeness (QED) is 0.833. The Balaban J connectivity index is 3.02. The predicted octanol–water partition coefficient (Wildman–Crippen LogP) is 1.63. The fourth-order valence-electron chi connectivity index (χ4n) is 1.85. The number of aliphatic hydroxyl groups is 1. The van der Waals surface area contributed by atoms with Crippen molar-refractivity contribution in [3.05, 3.63) is 29.6 Å². The van der Waals surface area contributed by atoms with Gasteiger partial charge in [-0.3, -0.25) is 9.59 Å². The van der Waals surface area contributed by atoms with E-state index in [1.807, 2.05) is 6.92 Å². The number of nitrogens with zero attached hydrogens (tertiary/aromatic N) is 1. The van der Waals surface area contributed by atoms with Crippen LogP contribution in [-0.4, -0.2) is 41.5 Å². The predicted molar refractivity (Wildman–Crippen MR) is 74.0 cm³/mol. The molecular formula is C14H19FN2O3. The van der Waals surface area contributed by atoms with E-state index in [4.69, 9.17) is 5.11 Å². The molecule has 0 radical (unpaired) electrons. The molecule has 0 atom stereocenters. The molecule has 0 saturated heterocycles. The minimum atomic E-state index is -0.650. The average molecular weight is 282 g/mol. The number of benzene rings is 1. The lowest BCUT2D eigenvalue weighted by molar-refractivity contribution is -0.114. The van der Waals surface area contributed by atoms with Crippen LogP contribution in [0.2, 0.25) is 0 Å². The Morgan fingerprint density at radius 3 is 2.60 bits per heavy atom. The highest BCUT2D eigenvalue weighted by atomic mass is 19.1. The van der Waals surface area contributed by atoms with Gasteiger partial charge < -0.3 is 15.3 Å². The van der Waals surface area contributed by atoms with Gasteiger partial charge in [0.1, 0.15) is 5.82 Å². The summed E-state index contributed by atoms with van der Waals surface area (Å²) in [6, 6.07) is 3.84. The van der Waals surface area contributed by atoms with Crippen molar-refractivity contribution < 1.29 is 19.1 Å². The number of aliphatic hydroxyl groups excluding tert-OH is 1. The molecule has 5 nitrogen and oxygen atoms in total. The Hall–Kier alpha value is -1.95. The molecule has 0 aliphatic heterocycles. The molecule has 20 heavy (non-hydrogen) atoms. The van der Waals surface area contributed by atoms with E-state index in [9.17, 15) is 14.0 Å². The smallest absolute Gasteiger partial charge is 0.256 e. The van der Waals surface area contributed by atoms with Crippen molar-refractivity contribution in [2.24, 2.45) is 0 Å². The first-order valence-corrected chi connectivity index (χ1v) is 6.46. The van der Waals surface area contributed by atoms with Crippen molar-refractivity contribution in [3.8, 4) is 0 Å². The molecule has 1 aromatic carbocycles. The standard InChI is InChI=1S/C14H19FN2O3/c1-3-6-17(7-8-18)14(20)12-9-11(16-10(2)19)4-5-13(12)15/h4-5,9,18H,3,6-8H2,1-2H3,(H,16,19). The van der Waals surface area contributed by atoms with Crippen molar-refractivity contribution in [1.29, 1.82) is 0 Å². The first-order chi connectivity index (χ1) is 9.49. The van der Waals surface area contributed by atoms with E-state index in [0.717, 1.165) is 6.07 Å². The highest BCUT2D eigenvalue weighted by Crippen LogP contribution is 2.17. The molecule has 2 N–H and O–H groups in total. The number of amides is 2. The van der Waals surface area contributed by atoms with E-state index in [0.29, 0.717) is 18.7 Å². The molecule has 2 amide bonds. The van der Waals surface area contributed by atoms with Crippen LogP contribution in [0.1, 0.15) is 30.6 Å². The fraction of sp³-hybridized carbons (Fsp3) is 0.429. The molecule has 0 unspecified atom stereocenters. The highest BCUT2D eigenvalue weighted by Gasteiger charge is 2.19. The summed E-state index contributed by atoms with van der Waals surface area (Å²) < 4.78 is 13.8. The van der Waals surface area contributed by atoms with Gasteiger partial charge in [0.15, 0.2) is 0 Å². The van der Waals surface area contributed by atoms with E-state index < -0.39 is 11.7 Å². The van der Waals surface area contributed by atoms with Crippen molar-refractivity contribution in [3.63, 3.8) is 0 Å². The van der Waals surface area contributed by atoms with Crippen LogP contribution in [0.4, 0.5) is 10.1 Å². The van der Waals surface area contributed by atoms with Gasteiger partial charge in [-0.2, -0.15) is 0 Å². The van der Waals surface area contributed by atoms with Crippen LogP contribution in [0.3, 0.4) is 0 Å². The van der Waals surface area contributed by atoms with Crippen LogP contribution < -0.4 is 5.32 Å². The van der Waals surface area contributed by atoms with Crippen molar-refractivity contribution in [2.45, 2.75) is 20.3 Å². The van der Waals surface area contributed by atoms with Gasteiger partial charge in [-0.05, 0) is 24.6 Å². The number of carbonyl (C=O) groups is 2. The summed E-state index contributed by atoms with van der Waals surface area (Å²) in [6.07, 6.45) is 0.707. The summed E-state index contributed by atoms with van der Waals surface area (Å²) in [5.74, 6) is -1.44. The zero-order chi connectivity index (χ0) is 15.1. The molecule has 0 fully saturated rings. The monoisotopic (exact) mass is 282 g/mol. The number of anilines is 1. The van der Waals surface area contributed by atoms with Gasteiger partial charge in [-0.25, -0.2) is 4.39 Å². The van der Waals surface area contributed by atoms with Gasteiger partial charge in [0.25, 0.3) is 5.91 Å². The second-order valence-electron chi connectivity index (χ2n) is 4.39. The second kappa shape index (κ2) is 7.59. The van der Waals surface area contributed by atoms with Crippen LogP contribution in [0.5, 0.6) is 0 Å². The normalized spacial score (nSPS) is 10.2. The molecule has 0 heterocycles. The number of hydrogen-bond donors (Lipinski definition) is 2. The largest absolute Gasteiger partial charge is 0.395 e. The lowest BCUT2D eigenvalue weighted by atomic mass is 10.1. The third-order valence-electron chi connectivity index (χ3n) is 2.67. The second-order valence-corrected chi connectivity index (χ2v) is 4.39. The third-order valence-corrected chi connectivity index (χ3v) is 2.67. The summed E-state index contributed by atoms with van der Waals surface area (Å²) in [4.78, 5) is 24.6. The Morgan fingerprint density at radius 2 is 2.05 bits per heavy atom. The minimum absolute atomic E-state index is 0.113. The topological polar surface area (TPSA) is 69.6 Å². The number of carbonyl (C=O) groups excluding carboxylic acids is 2. The Morgan fingerprint density at radius 1 is 1.35 bits per heavy atom. The molecule has 0 aliphatic carbocycles. The Kier molecular flexibility index (Phi) is 6.11. The molecule has 1 aromatic rings. The average Bonchev–Trinajstić information content (AvgIpc) is 2.39. The van der Waals surface area contributed by atoms with Crippen LogP contribution in [-0.2, 0) is 4.79 Å². The molecule has 110 valence electrons. The molecule has 0 spiro atoms. The maximum atomic E-state index is 13.8. The SMILES string of the molecule is CCCN(CCO)C(=O)c1cc(NC(C)=O)ccc1F. The number of halogens is 1. The molecule has 0 saturated carbocycles. The van der Waals surface area contributed by atoms with E-state index >= 15 is 0 Å². The van der Waals surface area contributed by atoms with Crippen LogP contribution >= 0.6 is 0 Å². The molecule has 0 bridgehead atoms. The van der Waals surface area contributed by atoms with Crippen LogP contribution in [0.15, 0.2) is 18.2 Å². The van der Waals surface area contributed by atoms with Gasteiger partial charge >= 0.3 is 0 Å². The molecule has 0 aromatic heterocycles. The summed E-state index contributed by atoms with van der Waals surface area (Å²) in [6.45, 7) is 3.63. The van der Waals surface area contributed by atoms with E-state index in [-0.39, 0.29) is 24.6 Å². The van der Waals surface area contributed by atoms with E-state index in [1.54, 1.807) is 0 Å². The van der Waals surface area contributed by atoms with Gasteiger partial charge in [0, 0.05) is 25.7 Å².